The lowest BCUT2D eigenvalue weighted by Gasteiger charge is -2.44. The molecule has 0 radical (unpaired) electrons. The zero-order chi connectivity index (χ0) is 20.6. The number of aliphatic hydroxyl groups is 1. The molecule has 1 fully saturated rings. The van der Waals surface area contributed by atoms with Gasteiger partial charge in [0.2, 0.25) is 0 Å². The zero-order valence-electron chi connectivity index (χ0n) is 15.2. The summed E-state index contributed by atoms with van der Waals surface area (Å²) in [6.45, 7) is 3.74. The predicted molar refractivity (Wildman–Crippen MR) is 91.7 cm³/mol. The van der Waals surface area contributed by atoms with Crippen molar-refractivity contribution in [2.75, 3.05) is 32.8 Å². The van der Waals surface area contributed by atoms with Crippen LogP contribution in [0, 0.1) is 11.2 Å². The molecular weight excluding hydrogens is 417 g/mol. The van der Waals surface area contributed by atoms with Crippen molar-refractivity contribution >= 4 is 12.4 Å². The van der Waals surface area contributed by atoms with Gasteiger partial charge in [-0.2, -0.15) is 26.3 Å². The summed E-state index contributed by atoms with van der Waals surface area (Å²) in [5.74, 6) is -1.58. The van der Waals surface area contributed by atoms with E-state index in [0.29, 0.717) is 13.1 Å². The lowest BCUT2D eigenvalue weighted by atomic mass is 9.77. The van der Waals surface area contributed by atoms with E-state index < -0.39 is 52.9 Å². The highest BCUT2D eigenvalue weighted by Crippen LogP contribution is 2.47. The normalized spacial score (nSPS) is 17.9. The average molecular weight is 439 g/mol. The molecule has 1 heterocycles. The average Bonchev–Trinajstić information content (AvgIpc) is 2.55. The van der Waals surface area contributed by atoms with Crippen LogP contribution in [0.4, 0.5) is 30.7 Å². The highest BCUT2D eigenvalue weighted by atomic mass is 35.5. The quantitative estimate of drug-likeness (QED) is 0.690. The standard InChI is InChI=1S/C17H21F7N2O.ClH/c1-15(2,9-27)14(26-5-3-25-4-6-26)13-11(17(22,23)24)7-10(8-12(13)18)16(19,20)21;/h7-8,14,25,27H,3-6,9H2,1-2H3;1H/t14-;/m1./s1. The highest BCUT2D eigenvalue weighted by molar-refractivity contribution is 5.85. The maximum Gasteiger partial charge on any atom is 0.416 e. The molecule has 1 aromatic carbocycles. The van der Waals surface area contributed by atoms with Crippen molar-refractivity contribution in [2.24, 2.45) is 5.41 Å². The van der Waals surface area contributed by atoms with Crippen molar-refractivity contribution in [1.29, 1.82) is 0 Å². The van der Waals surface area contributed by atoms with Crippen LogP contribution in [0.25, 0.3) is 0 Å². The van der Waals surface area contributed by atoms with E-state index in [1.807, 2.05) is 0 Å². The number of halogens is 8. The van der Waals surface area contributed by atoms with Crippen LogP contribution in [0.1, 0.15) is 36.6 Å². The third-order valence-corrected chi connectivity index (χ3v) is 4.70. The molecule has 0 aliphatic carbocycles. The van der Waals surface area contributed by atoms with Crippen LogP contribution in [0.5, 0.6) is 0 Å². The van der Waals surface area contributed by atoms with Crippen LogP contribution in [0.2, 0.25) is 0 Å². The van der Waals surface area contributed by atoms with Gasteiger partial charge in [-0.15, -0.1) is 12.4 Å². The molecule has 0 unspecified atom stereocenters. The molecule has 1 atom stereocenters. The molecule has 11 heteroatoms. The van der Waals surface area contributed by atoms with Crippen molar-refractivity contribution in [3.63, 3.8) is 0 Å². The third kappa shape index (κ3) is 5.28. The van der Waals surface area contributed by atoms with E-state index in [1.165, 1.54) is 13.8 Å². The lowest BCUT2D eigenvalue weighted by molar-refractivity contribution is -0.144. The van der Waals surface area contributed by atoms with E-state index in [2.05, 4.69) is 5.32 Å². The summed E-state index contributed by atoms with van der Waals surface area (Å²) < 4.78 is 94.3. The van der Waals surface area contributed by atoms with E-state index in [1.54, 1.807) is 4.90 Å². The summed E-state index contributed by atoms with van der Waals surface area (Å²) in [4.78, 5) is 1.56. The first-order valence-electron chi connectivity index (χ1n) is 8.32. The fourth-order valence-electron chi connectivity index (χ4n) is 3.39. The lowest BCUT2D eigenvalue weighted by Crippen LogP contribution is -2.50. The molecule has 1 saturated heterocycles. The zero-order valence-corrected chi connectivity index (χ0v) is 16.0. The summed E-state index contributed by atoms with van der Waals surface area (Å²) in [5, 5.41) is 12.7. The Balaban J connectivity index is 0.00000392. The van der Waals surface area contributed by atoms with Gasteiger partial charge in [0.05, 0.1) is 11.1 Å². The Morgan fingerprint density at radius 3 is 2.00 bits per heavy atom. The van der Waals surface area contributed by atoms with E-state index in [9.17, 15) is 35.8 Å². The maximum atomic E-state index is 14.7. The smallest absolute Gasteiger partial charge is 0.396 e. The molecule has 162 valence electrons. The molecule has 1 aliphatic heterocycles. The second-order valence-electron chi connectivity index (χ2n) is 7.25. The molecule has 2 rings (SSSR count). The number of nitrogens with zero attached hydrogens (tertiary/aromatic N) is 1. The number of hydrogen-bond acceptors (Lipinski definition) is 3. The largest absolute Gasteiger partial charge is 0.416 e. The van der Waals surface area contributed by atoms with Gasteiger partial charge in [-0.25, -0.2) is 4.39 Å². The van der Waals surface area contributed by atoms with Crippen LogP contribution >= 0.6 is 12.4 Å². The monoisotopic (exact) mass is 438 g/mol. The number of nitrogens with one attached hydrogen (secondary N) is 1. The summed E-state index contributed by atoms with van der Waals surface area (Å²) in [6, 6.07) is -1.21. The van der Waals surface area contributed by atoms with E-state index in [-0.39, 0.29) is 37.6 Å². The number of benzene rings is 1. The van der Waals surface area contributed by atoms with Crippen molar-refractivity contribution in [3.05, 3.63) is 34.6 Å². The minimum absolute atomic E-state index is 0. The molecule has 2 N–H and O–H groups in total. The molecular formula is C17H22ClF7N2O. The first kappa shape index (κ1) is 24.9. The second kappa shape index (κ2) is 8.73. The topological polar surface area (TPSA) is 35.5 Å². The molecule has 0 amide bonds. The van der Waals surface area contributed by atoms with Crippen molar-refractivity contribution in [2.45, 2.75) is 32.2 Å². The van der Waals surface area contributed by atoms with Crippen molar-refractivity contribution in [3.8, 4) is 0 Å². The maximum absolute atomic E-state index is 14.7. The summed E-state index contributed by atoms with van der Waals surface area (Å²) in [6.07, 6.45) is -10.3. The van der Waals surface area contributed by atoms with Gasteiger partial charge in [-0.3, -0.25) is 4.90 Å². The summed E-state index contributed by atoms with van der Waals surface area (Å²) in [7, 11) is 0. The Morgan fingerprint density at radius 2 is 1.57 bits per heavy atom. The van der Waals surface area contributed by atoms with Gasteiger partial charge in [-0.1, -0.05) is 13.8 Å². The Hall–Kier alpha value is -1.10. The van der Waals surface area contributed by atoms with Crippen LogP contribution in [-0.2, 0) is 12.4 Å². The van der Waals surface area contributed by atoms with Gasteiger partial charge in [-0.05, 0) is 12.1 Å². The third-order valence-electron chi connectivity index (χ3n) is 4.70. The fraction of sp³-hybridized carbons (Fsp3) is 0.647. The summed E-state index contributed by atoms with van der Waals surface area (Å²) in [5.41, 5.74) is -5.45. The Labute approximate surface area is 164 Å². The Bertz CT molecular complexity index is 671. The molecule has 0 spiro atoms. The Morgan fingerprint density at radius 1 is 1.04 bits per heavy atom. The number of rotatable bonds is 4. The van der Waals surface area contributed by atoms with Gasteiger partial charge in [0.25, 0.3) is 0 Å². The minimum atomic E-state index is -5.19. The fourth-order valence-corrected chi connectivity index (χ4v) is 3.39. The first-order chi connectivity index (χ1) is 12.3. The first-order valence-corrected chi connectivity index (χ1v) is 8.32. The molecule has 28 heavy (non-hydrogen) atoms. The Kier molecular flexibility index (Phi) is 7.77. The highest BCUT2D eigenvalue weighted by Gasteiger charge is 2.46. The molecule has 0 bridgehead atoms. The molecule has 1 aromatic rings. The SMILES string of the molecule is CC(C)(CO)[C@@H](c1c(F)cc(C(F)(F)F)cc1C(F)(F)F)N1CCNCC1.Cl. The van der Waals surface area contributed by atoms with Gasteiger partial charge in [0.1, 0.15) is 5.82 Å². The van der Waals surface area contributed by atoms with Crippen LogP contribution in [0.3, 0.4) is 0 Å². The van der Waals surface area contributed by atoms with E-state index >= 15 is 0 Å². The van der Waals surface area contributed by atoms with E-state index in [4.69, 9.17) is 0 Å². The minimum Gasteiger partial charge on any atom is -0.396 e. The number of aliphatic hydroxyl groups excluding tert-OH is 1. The van der Waals surface area contributed by atoms with Crippen molar-refractivity contribution in [1.82, 2.24) is 10.2 Å². The van der Waals surface area contributed by atoms with Crippen LogP contribution < -0.4 is 5.32 Å². The summed E-state index contributed by atoms with van der Waals surface area (Å²) >= 11 is 0. The molecule has 1 aliphatic rings. The predicted octanol–water partition coefficient (Wildman–Crippen LogP) is 4.25. The number of hydrogen-bond donors (Lipinski definition) is 2. The van der Waals surface area contributed by atoms with Crippen LogP contribution in [-0.4, -0.2) is 42.8 Å². The van der Waals surface area contributed by atoms with Gasteiger partial charge in [0, 0.05) is 49.8 Å². The molecule has 0 aromatic heterocycles. The number of alkyl halides is 6. The van der Waals surface area contributed by atoms with Gasteiger partial charge < -0.3 is 10.4 Å². The van der Waals surface area contributed by atoms with Crippen LogP contribution in [0.15, 0.2) is 12.1 Å². The van der Waals surface area contributed by atoms with Gasteiger partial charge in [0.15, 0.2) is 0 Å². The van der Waals surface area contributed by atoms with Gasteiger partial charge >= 0.3 is 12.4 Å². The molecule has 0 saturated carbocycles. The number of piperazine rings is 1. The van der Waals surface area contributed by atoms with E-state index in [0.717, 1.165) is 0 Å². The molecule has 3 nitrogen and oxygen atoms in total. The van der Waals surface area contributed by atoms with Crippen molar-refractivity contribution < 1.29 is 35.8 Å². The second-order valence-corrected chi connectivity index (χ2v) is 7.25.